The van der Waals surface area contributed by atoms with Crippen LogP contribution in [-0.4, -0.2) is 44.0 Å². The topological polar surface area (TPSA) is 71.5 Å². The van der Waals surface area contributed by atoms with E-state index in [2.05, 4.69) is 26.7 Å². The first-order valence-corrected chi connectivity index (χ1v) is 12.7. The van der Waals surface area contributed by atoms with Crippen LogP contribution in [0.5, 0.6) is 5.75 Å². The molecule has 0 aliphatic carbocycles. The minimum atomic E-state index is -4.31. The highest BCUT2D eigenvalue weighted by atomic mass is 32.2. The summed E-state index contributed by atoms with van der Waals surface area (Å²) in [5, 5.41) is 1.45. The van der Waals surface area contributed by atoms with Gasteiger partial charge in [-0.2, -0.15) is 4.39 Å². The molecule has 1 fully saturated rings. The zero-order chi connectivity index (χ0) is 22.6. The molecule has 2 heterocycles. The van der Waals surface area contributed by atoms with E-state index in [9.17, 15) is 17.2 Å². The Hall–Kier alpha value is -2.56. The van der Waals surface area contributed by atoms with Gasteiger partial charge in [0.1, 0.15) is 11.0 Å². The van der Waals surface area contributed by atoms with Gasteiger partial charge in [-0.3, -0.25) is 4.72 Å². The number of hydrogen-bond donors (Lipinski definition) is 1. The summed E-state index contributed by atoms with van der Waals surface area (Å²) in [5.41, 5.74) is 2.71. The van der Waals surface area contributed by atoms with Crippen LogP contribution < -0.4 is 9.46 Å². The van der Waals surface area contributed by atoms with E-state index in [0.717, 1.165) is 38.2 Å². The first-order chi connectivity index (χ1) is 15.4. The van der Waals surface area contributed by atoms with E-state index in [1.807, 2.05) is 18.2 Å². The summed E-state index contributed by atoms with van der Waals surface area (Å²) in [5.74, 6) is -3.00. The Kier molecular flexibility index (Phi) is 7.02. The van der Waals surface area contributed by atoms with E-state index in [1.54, 1.807) is 0 Å². The zero-order valence-electron chi connectivity index (χ0n) is 17.2. The molecule has 0 amide bonds. The number of thiazole rings is 1. The standard InChI is InChI=1S/C22H23F2N3O3S2/c23-21-18(6-7-19(22(21)24)32(28,29)26-20-14-31-15-25-20)30-17-9-12-27(13-10-17)11-8-16-4-2-1-3-5-16/h1-7,14-15,17,26H,8-13H2. The Labute approximate surface area is 189 Å². The molecule has 1 aromatic heterocycles. The number of sulfonamides is 1. The number of nitrogens with one attached hydrogen (secondary N) is 1. The SMILES string of the molecule is O=S(=O)(Nc1cscn1)c1ccc(OC2CCN(CCc3ccccc3)CC2)c(F)c1F. The van der Waals surface area contributed by atoms with Crippen LogP contribution in [0.1, 0.15) is 18.4 Å². The monoisotopic (exact) mass is 479 g/mol. The lowest BCUT2D eigenvalue weighted by atomic mass is 10.1. The normalized spacial score (nSPS) is 15.6. The van der Waals surface area contributed by atoms with Gasteiger partial charge in [-0.15, -0.1) is 11.3 Å². The highest BCUT2D eigenvalue weighted by molar-refractivity contribution is 7.92. The van der Waals surface area contributed by atoms with Crippen LogP contribution in [0.3, 0.4) is 0 Å². The van der Waals surface area contributed by atoms with Crippen LogP contribution >= 0.6 is 11.3 Å². The Morgan fingerprint density at radius 1 is 1.09 bits per heavy atom. The van der Waals surface area contributed by atoms with Gasteiger partial charge in [0, 0.05) is 25.0 Å². The predicted molar refractivity (Wildman–Crippen MR) is 120 cm³/mol. The first kappa shape index (κ1) is 22.6. The molecule has 32 heavy (non-hydrogen) atoms. The summed E-state index contributed by atoms with van der Waals surface area (Å²) >= 11 is 1.18. The molecule has 1 aliphatic heterocycles. The summed E-state index contributed by atoms with van der Waals surface area (Å²) in [4.78, 5) is 5.33. The number of benzene rings is 2. The number of anilines is 1. The molecule has 1 saturated heterocycles. The average Bonchev–Trinajstić information content (AvgIpc) is 3.29. The van der Waals surface area contributed by atoms with E-state index in [1.165, 1.54) is 27.8 Å². The van der Waals surface area contributed by atoms with E-state index in [4.69, 9.17) is 4.74 Å². The van der Waals surface area contributed by atoms with Crippen molar-refractivity contribution in [2.45, 2.75) is 30.3 Å². The highest BCUT2D eigenvalue weighted by Crippen LogP contribution is 2.29. The predicted octanol–water partition coefficient (Wildman–Crippen LogP) is 4.31. The third-order valence-electron chi connectivity index (χ3n) is 5.36. The minimum absolute atomic E-state index is 0.0501. The van der Waals surface area contributed by atoms with Gasteiger partial charge in [0.15, 0.2) is 17.4 Å². The molecule has 1 N–H and O–H groups in total. The van der Waals surface area contributed by atoms with Gasteiger partial charge in [0.05, 0.1) is 5.51 Å². The highest BCUT2D eigenvalue weighted by Gasteiger charge is 2.27. The van der Waals surface area contributed by atoms with Crippen LogP contribution in [0, 0.1) is 11.6 Å². The molecule has 0 atom stereocenters. The number of aromatic nitrogens is 1. The lowest BCUT2D eigenvalue weighted by molar-refractivity contribution is 0.0969. The van der Waals surface area contributed by atoms with Crippen molar-refractivity contribution in [3.05, 3.63) is 70.6 Å². The molecule has 0 radical (unpaired) electrons. The zero-order valence-corrected chi connectivity index (χ0v) is 18.8. The molecule has 4 rings (SSSR count). The molecular weight excluding hydrogens is 456 g/mol. The Balaban J connectivity index is 1.34. The smallest absolute Gasteiger partial charge is 0.266 e. The van der Waals surface area contributed by atoms with Crippen molar-refractivity contribution in [3.63, 3.8) is 0 Å². The molecular formula is C22H23F2N3O3S2. The third-order valence-corrected chi connectivity index (χ3v) is 7.32. The molecule has 170 valence electrons. The number of ether oxygens (including phenoxy) is 1. The van der Waals surface area contributed by atoms with Gasteiger partial charge in [-0.25, -0.2) is 17.8 Å². The van der Waals surface area contributed by atoms with Gasteiger partial charge in [-0.1, -0.05) is 30.3 Å². The van der Waals surface area contributed by atoms with Gasteiger partial charge in [0.2, 0.25) is 5.82 Å². The summed E-state index contributed by atoms with van der Waals surface area (Å²) in [6, 6.07) is 12.4. The van der Waals surface area contributed by atoms with Crippen molar-refractivity contribution in [2.75, 3.05) is 24.4 Å². The fourth-order valence-corrected chi connectivity index (χ4v) is 5.26. The minimum Gasteiger partial charge on any atom is -0.487 e. The van der Waals surface area contributed by atoms with E-state index in [0.29, 0.717) is 12.8 Å². The number of halogens is 2. The molecule has 0 bridgehead atoms. The Morgan fingerprint density at radius 3 is 2.53 bits per heavy atom. The molecule has 0 spiro atoms. The van der Waals surface area contributed by atoms with Crippen molar-refractivity contribution in [1.29, 1.82) is 0 Å². The van der Waals surface area contributed by atoms with Crippen molar-refractivity contribution in [3.8, 4) is 5.75 Å². The fourth-order valence-electron chi connectivity index (χ4n) is 3.63. The lowest BCUT2D eigenvalue weighted by Crippen LogP contribution is -2.39. The van der Waals surface area contributed by atoms with Crippen LogP contribution in [0.25, 0.3) is 0 Å². The number of nitrogens with zero attached hydrogens (tertiary/aromatic N) is 2. The summed E-state index contributed by atoms with van der Waals surface area (Å²) in [6.45, 7) is 2.52. The molecule has 3 aromatic rings. The van der Waals surface area contributed by atoms with Crippen molar-refractivity contribution >= 4 is 27.2 Å². The number of hydrogen-bond acceptors (Lipinski definition) is 6. The summed E-state index contributed by atoms with van der Waals surface area (Å²) < 4.78 is 61.7. The maximum atomic E-state index is 14.6. The molecule has 2 aromatic carbocycles. The maximum absolute atomic E-state index is 14.6. The average molecular weight is 480 g/mol. The second kappa shape index (κ2) is 9.93. The van der Waals surface area contributed by atoms with E-state index < -0.39 is 26.6 Å². The van der Waals surface area contributed by atoms with Crippen LogP contribution in [0.2, 0.25) is 0 Å². The molecule has 1 aliphatic rings. The number of rotatable bonds is 8. The third kappa shape index (κ3) is 5.43. The van der Waals surface area contributed by atoms with Crippen LogP contribution in [0.4, 0.5) is 14.6 Å². The van der Waals surface area contributed by atoms with Gasteiger partial charge < -0.3 is 9.64 Å². The second-order valence-corrected chi connectivity index (χ2v) is 9.93. The molecule has 0 saturated carbocycles. The fraction of sp³-hybridized carbons (Fsp3) is 0.318. The number of piperidine rings is 1. The Morgan fingerprint density at radius 2 is 1.84 bits per heavy atom. The number of likely N-dealkylation sites (tertiary alicyclic amines) is 1. The van der Waals surface area contributed by atoms with Gasteiger partial charge in [-0.05, 0) is 37.0 Å². The van der Waals surface area contributed by atoms with Gasteiger partial charge >= 0.3 is 0 Å². The Bertz CT molecular complexity index is 1130. The van der Waals surface area contributed by atoms with Gasteiger partial charge in [0.25, 0.3) is 10.0 Å². The quantitative estimate of drug-likeness (QED) is 0.521. The summed E-state index contributed by atoms with van der Waals surface area (Å²) in [6.07, 6.45) is 2.06. The lowest BCUT2D eigenvalue weighted by Gasteiger charge is -2.32. The molecule has 0 unspecified atom stereocenters. The first-order valence-electron chi connectivity index (χ1n) is 10.2. The molecule has 6 nitrogen and oxygen atoms in total. The van der Waals surface area contributed by atoms with Crippen LogP contribution in [0.15, 0.2) is 58.3 Å². The van der Waals surface area contributed by atoms with E-state index >= 15 is 0 Å². The van der Waals surface area contributed by atoms with Crippen molar-refractivity contribution < 1.29 is 21.9 Å². The van der Waals surface area contributed by atoms with Crippen molar-refractivity contribution in [2.24, 2.45) is 0 Å². The maximum Gasteiger partial charge on any atom is 0.266 e. The second-order valence-electron chi connectivity index (χ2n) is 7.56. The summed E-state index contributed by atoms with van der Waals surface area (Å²) in [7, 11) is -4.31. The van der Waals surface area contributed by atoms with Crippen LogP contribution in [-0.2, 0) is 16.4 Å². The van der Waals surface area contributed by atoms with Crippen molar-refractivity contribution in [1.82, 2.24) is 9.88 Å². The van der Waals surface area contributed by atoms with E-state index in [-0.39, 0.29) is 17.7 Å². The largest absolute Gasteiger partial charge is 0.487 e. The molecule has 10 heteroatoms.